The molecule has 0 amide bonds. The van der Waals surface area contributed by atoms with Crippen LogP contribution in [0, 0.1) is 5.92 Å². The number of fused-ring (bicyclic) bond motifs is 2. The van der Waals surface area contributed by atoms with Crippen LogP contribution in [0.1, 0.15) is 37.3 Å². The normalized spacial score (nSPS) is 20.0. The molecule has 1 fully saturated rings. The van der Waals surface area contributed by atoms with Crippen molar-refractivity contribution < 1.29 is 0 Å². The Kier molecular flexibility index (Phi) is 3.97. The first-order valence-corrected chi connectivity index (χ1v) is 10.2. The Balaban J connectivity index is 1.27. The largest absolute Gasteiger partial charge is 0.383 e. The first-order valence-electron chi connectivity index (χ1n) is 9.39. The van der Waals surface area contributed by atoms with E-state index in [9.17, 15) is 0 Å². The van der Waals surface area contributed by atoms with Crippen LogP contribution in [-0.4, -0.2) is 19.5 Å². The quantitative estimate of drug-likeness (QED) is 0.555. The van der Waals surface area contributed by atoms with E-state index in [1.54, 1.807) is 17.7 Å². The minimum absolute atomic E-state index is 0.502. The molecule has 0 radical (unpaired) electrons. The Morgan fingerprint density at radius 3 is 3.00 bits per heavy atom. The Morgan fingerprint density at radius 2 is 2.07 bits per heavy atom. The third-order valence-electron chi connectivity index (χ3n) is 5.76. The van der Waals surface area contributed by atoms with E-state index in [1.165, 1.54) is 31.2 Å². The van der Waals surface area contributed by atoms with Crippen molar-refractivity contribution in [1.82, 2.24) is 19.5 Å². The summed E-state index contributed by atoms with van der Waals surface area (Å²) in [6.07, 6.45) is 9.62. The van der Waals surface area contributed by atoms with E-state index >= 15 is 0 Å². The topological polar surface area (TPSA) is 95.6 Å². The highest BCUT2D eigenvalue weighted by atomic mass is 32.1. The third kappa shape index (κ3) is 3.02. The number of rotatable bonds is 4. The minimum atomic E-state index is 0.502. The monoisotopic (exact) mass is 378 g/mol. The number of nitrogens with zero attached hydrogens (tertiary/aromatic N) is 4. The van der Waals surface area contributed by atoms with Gasteiger partial charge in [-0.15, -0.1) is 0 Å². The van der Waals surface area contributed by atoms with E-state index in [4.69, 9.17) is 11.5 Å². The molecule has 1 aliphatic carbocycles. The predicted molar refractivity (Wildman–Crippen MR) is 111 cm³/mol. The van der Waals surface area contributed by atoms with Crippen molar-refractivity contribution in [3.8, 4) is 0 Å². The predicted octanol–water partition coefficient (Wildman–Crippen LogP) is 4.18. The molecule has 6 nitrogen and oxygen atoms in total. The van der Waals surface area contributed by atoms with E-state index in [0.29, 0.717) is 17.0 Å². The van der Waals surface area contributed by atoms with E-state index in [0.717, 1.165) is 33.6 Å². The van der Waals surface area contributed by atoms with Gasteiger partial charge in [0.25, 0.3) is 0 Å². The molecule has 1 aromatic carbocycles. The lowest BCUT2D eigenvalue weighted by atomic mass is 9.98. The van der Waals surface area contributed by atoms with Gasteiger partial charge in [0.15, 0.2) is 5.13 Å². The molecule has 1 saturated carbocycles. The summed E-state index contributed by atoms with van der Waals surface area (Å²) in [5.74, 6) is 1.30. The Labute approximate surface area is 161 Å². The first kappa shape index (κ1) is 16.5. The molecular formula is C20H22N6S. The molecule has 4 N–H and O–H groups in total. The lowest BCUT2D eigenvalue weighted by molar-refractivity contribution is 0.461. The molecule has 0 saturated heterocycles. The van der Waals surface area contributed by atoms with Crippen molar-refractivity contribution in [2.45, 2.75) is 38.1 Å². The number of benzene rings is 1. The molecule has 1 aliphatic rings. The van der Waals surface area contributed by atoms with Gasteiger partial charge in [-0.3, -0.25) is 0 Å². The zero-order valence-corrected chi connectivity index (χ0v) is 15.8. The maximum atomic E-state index is 5.97. The number of aromatic nitrogens is 4. The summed E-state index contributed by atoms with van der Waals surface area (Å²) in [5, 5.41) is 1.60. The number of aryl methyl sites for hydroxylation is 1. The summed E-state index contributed by atoms with van der Waals surface area (Å²) >= 11 is 1.55. The average molecular weight is 379 g/mol. The summed E-state index contributed by atoms with van der Waals surface area (Å²) in [6, 6.07) is 9.08. The van der Waals surface area contributed by atoms with E-state index in [1.807, 2.05) is 6.07 Å². The number of nitrogen functional groups attached to an aromatic ring is 2. The molecule has 2 atom stereocenters. The fourth-order valence-electron chi connectivity index (χ4n) is 4.37. The van der Waals surface area contributed by atoms with Gasteiger partial charge in [-0.1, -0.05) is 17.4 Å². The summed E-state index contributed by atoms with van der Waals surface area (Å²) in [4.78, 5) is 12.9. The summed E-state index contributed by atoms with van der Waals surface area (Å²) in [5.41, 5.74) is 15.1. The molecule has 5 rings (SSSR count). The van der Waals surface area contributed by atoms with Gasteiger partial charge in [-0.2, -0.15) is 0 Å². The first-order chi connectivity index (χ1) is 13.2. The Morgan fingerprint density at radius 1 is 1.15 bits per heavy atom. The summed E-state index contributed by atoms with van der Waals surface area (Å²) in [6.45, 7) is 0. The van der Waals surface area contributed by atoms with Gasteiger partial charge in [-0.05, 0) is 61.8 Å². The van der Waals surface area contributed by atoms with Crippen LogP contribution in [0.2, 0.25) is 0 Å². The summed E-state index contributed by atoms with van der Waals surface area (Å²) in [7, 11) is 0. The Bertz CT molecular complexity index is 1110. The molecule has 0 bridgehead atoms. The average Bonchev–Trinajstić information content (AvgIpc) is 3.36. The smallest absolute Gasteiger partial charge is 0.181 e. The van der Waals surface area contributed by atoms with Crippen LogP contribution >= 0.6 is 11.3 Å². The number of nitrogens with two attached hydrogens (primary N) is 2. The maximum Gasteiger partial charge on any atom is 0.181 e. The fourth-order valence-corrected chi connectivity index (χ4v) is 5.08. The van der Waals surface area contributed by atoms with Crippen LogP contribution in [0.5, 0.6) is 0 Å². The van der Waals surface area contributed by atoms with Gasteiger partial charge in [0, 0.05) is 12.2 Å². The zero-order valence-electron chi connectivity index (χ0n) is 15.0. The number of anilines is 2. The molecule has 0 aliphatic heterocycles. The molecule has 3 heterocycles. The lowest BCUT2D eigenvalue weighted by Crippen LogP contribution is -2.06. The van der Waals surface area contributed by atoms with E-state index < -0.39 is 0 Å². The fraction of sp³-hybridized carbons (Fsp3) is 0.350. The van der Waals surface area contributed by atoms with Crippen molar-refractivity contribution in [3.63, 3.8) is 0 Å². The van der Waals surface area contributed by atoms with Crippen molar-refractivity contribution >= 4 is 43.5 Å². The molecule has 3 aromatic heterocycles. The molecule has 0 spiro atoms. The second kappa shape index (κ2) is 6.49. The minimum Gasteiger partial charge on any atom is -0.383 e. The van der Waals surface area contributed by atoms with Gasteiger partial charge in [0.05, 0.1) is 15.6 Å². The van der Waals surface area contributed by atoms with Crippen molar-refractivity contribution in [2.24, 2.45) is 5.92 Å². The Hall–Kier alpha value is -2.67. The maximum absolute atomic E-state index is 5.97. The van der Waals surface area contributed by atoms with E-state index in [-0.39, 0.29) is 0 Å². The van der Waals surface area contributed by atoms with Crippen LogP contribution in [0.15, 0.2) is 36.8 Å². The molecule has 138 valence electrons. The second-order valence-corrected chi connectivity index (χ2v) is 8.51. The lowest BCUT2D eigenvalue weighted by Gasteiger charge is -2.14. The molecule has 7 heteroatoms. The number of thiazole rings is 1. The van der Waals surface area contributed by atoms with Crippen molar-refractivity contribution in [2.75, 3.05) is 11.5 Å². The molecular weight excluding hydrogens is 356 g/mol. The van der Waals surface area contributed by atoms with Gasteiger partial charge >= 0.3 is 0 Å². The van der Waals surface area contributed by atoms with Crippen LogP contribution in [0.4, 0.5) is 10.9 Å². The van der Waals surface area contributed by atoms with Gasteiger partial charge in [0.2, 0.25) is 0 Å². The zero-order chi connectivity index (χ0) is 18.4. The third-order valence-corrected chi connectivity index (χ3v) is 6.62. The van der Waals surface area contributed by atoms with Crippen LogP contribution in [0.25, 0.3) is 21.3 Å². The van der Waals surface area contributed by atoms with Gasteiger partial charge < -0.3 is 16.0 Å². The highest BCUT2D eigenvalue weighted by Crippen LogP contribution is 2.39. The standard InChI is InChI=1S/C20H22N6S/c21-18-15-7-8-26(19(15)24-11-23-18)14-5-3-12(9-14)1-2-13-4-6-17-16(10-13)25-20(22)27-17/h4,6-8,10-12,14H,1-3,5,9H2,(H2,22,25)(H2,21,23,24). The number of hydrogen-bond acceptors (Lipinski definition) is 6. The number of hydrogen-bond donors (Lipinski definition) is 2. The highest BCUT2D eigenvalue weighted by molar-refractivity contribution is 7.22. The van der Waals surface area contributed by atoms with Crippen LogP contribution in [-0.2, 0) is 6.42 Å². The SMILES string of the molecule is Nc1nc2cc(CCC3CCC(n4ccc5c(N)ncnc54)C3)ccc2s1. The second-order valence-electron chi connectivity index (χ2n) is 7.44. The molecule has 2 unspecified atom stereocenters. The highest BCUT2D eigenvalue weighted by Gasteiger charge is 2.27. The van der Waals surface area contributed by atoms with Crippen molar-refractivity contribution in [3.05, 3.63) is 42.4 Å². The summed E-state index contributed by atoms with van der Waals surface area (Å²) < 4.78 is 3.45. The van der Waals surface area contributed by atoms with Crippen molar-refractivity contribution in [1.29, 1.82) is 0 Å². The molecule has 27 heavy (non-hydrogen) atoms. The van der Waals surface area contributed by atoms with E-state index in [2.05, 4.69) is 43.9 Å². The van der Waals surface area contributed by atoms with Crippen LogP contribution in [0.3, 0.4) is 0 Å². The van der Waals surface area contributed by atoms with Gasteiger partial charge in [-0.25, -0.2) is 15.0 Å². The van der Waals surface area contributed by atoms with Gasteiger partial charge in [0.1, 0.15) is 17.8 Å². The molecule has 4 aromatic rings. The van der Waals surface area contributed by atoms with Crippen LogP contribution < -0.4 is 11.5 Å².